The van der Waals surface area contributed by atoms with Gasteiger partial charge in [0.25, 0.3) is 0 Å². The molecule has 0 aliphatic carbocycles. The maximum Gasteiger partial charge on any atom is 0.219 e. The zero-order valence-electron chi connectivity index (χ0n) is 10.4. The molecular formula is C13H19NO2. The van der Waals surface area contributed by atoms with Gasteiger partial charge in [0.15, 0.2) is 0 Å². The van der Waals surface area contributed by atoms with Gasteiger partial charge in [-0.25, -0.2) is 0 Å². The number of carbonyl (C=O) groups is 1. The third-order valence-corrected chi connectivity index (χ3v) is 2.82. The maximum absolute atomic E-state index is 11.2. The van der Waals surface area contributed by atoms with Gasteiger partial charge >= 0.3 is 0 Å². The lowest BCUT2D eigenvalue weighted by atomic mass is 10.1. The average Bonchev–Trinajstić information content (AvgIpc) is 2.28. The Balaban J connectivity index is 2.68. The maximum atomic E-state index is 11.2. The van der Waals surface area contributed by atoms with Crippen LogP contribution in [0, 0.1) is 0 Å². The van der Waals surface area contributed by atoms with Crippen molar-refractivity contribution in [1.29, 1.82) is 0 Å². The SMILES string of the molecule is COc1cccc(C[C@H](C)N(C)C(C)=O)c1. The van der Waals surface area contributed by atoms with Crippen LogP contribution in [0.1, 0.15) is 19.4 Å². The first-order chi connectivity index (χ1) is 7.54. The van der Waals surface area contributed by atoms with Crippen molar-refractivity contribution >= 4 is 5.91 Å². The van der Waals surface area contributed by atoms with Crippen LogP contribution in [0.2, 0.25) is 0 Å². The number of carbonyl (C=O) groups excluding carboxylic acids is 1. The van der Waals surface area contributed by atoms with Gasteiger partial charge in [-0.05, 0) is 31.0 Å². The Labute approximate surface area is 97.0 Å². The Hall–Kier alpha value is -1.51. The highest BCUT2D eigenvalue weighted by atomic mass is 16.5. The number of likely N-dealkylation sites (N-methyl/N-ethyl adjacent to an activating group) is 1. The molecule has 1 rings (SSSR count). The van der Waals surface area contributed by atoms with Gasteiger partial charge < -0.3 is 9.64 Å². The van der Waals surface area contributed by atoms with Crippen molar-refractivity contribution in [2.75, 3.05) is 14.2 Å². The average molecular weight is 221 g/mol. The van der Waals surface area contributed by atoms with Crippen molar-refractivity contribution < 1.29 is 9.53 Å². The Morgan fingerprint density at radius 3 is 2.75 bits per heavy atom. The van der Waals surface area contributed by atoms with Gasteiger partial charge in [0.1, 0.15) is 5.75 Å². The van der Waals surface area contributed by atoms with E-state index in [1.165, 1.54) is 5.56 Å². The minimum Gasteiger partial charge on any atom is -0.497 e. The molecule has 0 spiro atoms. The summed E-state index contributed by atoms with van der Waals surface area (Å²) in [6, 6.07) is 8.14. The predicted molar refractivity (Wildman–Crippen MR) is 64.6 cm³/mol. The molecule has 0 radical (unpaired) electrons. The van der Waals surface area contributed by atoms with Gasteiger partial charge in [-0.15, -0.1) is 0 Å². The molecule has 0 fully saturated rings. The van der Waals surface area contributed by atoms with E-state index < -0.39 is 0 Å². The summed E-state index contributed by atoms with van der Waals surface area (Å²) in [6.45, 7) is 3.63. The molecule has 3 heteroatoms. The molecule has 0 unspecified atom stereocenters. The molecule has 0 saturated heterocycles. The van der Waals surface area contributed by atoms with E-state index in [9.17, 15) is 4.79 Å². The van der Waals surface area contributed by atoms with Crippen molar-refractivity contribution in [2.24, 2.45) is 0 Å². The highest BCUT2D eigenvalue weighted by Gasteiger charge is 2.12. The molecule has 0 bridgehead atoms. The Morgan fingerprint density at radius 2 is 2.19 bits per heavy atom. The number of hydrogen-bond donors (Lipinski definition) is 0. The van der Waals surface area contributed by atoms with E-state index in [1.807, 2.05) is 38.2 Å². The van der Waals surface area contributed by atoms with Crippen molar-refractivity contribution in [3.05, 3.63) is 29.8 Å². The van der Waals surface area contributed by atoms with Crippen molar-refractivity contribution in [3.8, 4) is 5.75 Å². The van der Waals surface area contributed by atoms with Gasteiger partial charge in [-0.2, -0.15) is 0 Å². The van der Waals surface area contributed by atoms with Gasteiger partial charge in [-0.3, -0.25) is 4.79 Å². The van der Waals surface area contributed by atoms with E-state index in [4.69, 9.17) is 4.74 Å². The summed E-state index contributed by atoms with van der Waals surface area (Å²) >= 11 is 0. The summed E-state index contributed by atoms with van der Waals surface area (Å²) in [4.78, 5) is 12.9. The quantitative estimate of drug-likeness (QED) is 0.779. The second-order valence-electron chi connectivity index (χ2n) is 4.03. The van der Waals surface area contributed by atoms with Gasteiger partial charge in [0.05, 0.1) is 7.11 Å². The van der Waals surface area contributed by atoms with Crippen LogP contribution < -0.4 is 4.74 Å². The van der Waals surface area contributed by atoms with Gasteiger partial charge in [-0.1, -0.05) is 12.1 Å². The first-order valence-electron chi connectivity index (χ1n) is 5.41. The smallest absolute Gasteiger partial charge is 0.219 e. The van der Waals surface area contributed by atoms with E-state index in [0.717, 1.165) is 12.2 Å². The number of amides is 1. The molecule has 1 aromatic carbocycles. The van der Waals surface area contributed by atoms with Crippen molar-refractivity contribution in [2.45, 2.75) is 26.3 Å². The Kier molecular flexibility index (Phi) is 4.35. The van der Waals surface area contributed by atoms with Crippen LogP contribution in [0.25, 0.3) is 0 Å². The standard InChI is InChI=1S/C13H19NO2/c1-10(14(3)11(2)15)8-12-6-5-7-13(9-12)16-4/h5-7,9-10H,8H2,1-4H3/t10-/m0/s1. The summed E-state index contributed by atoms with van der Waals surface area (Å²) in [5.41, 5.74) is 1.18. The molecule has 0 aliphatic rings. The zero-order valence-corrected chi connectivity index (χ0v) is 10.4. The molecule has 1 amide bonds. The highest BCUT2D eigenvalue weighted by Crippen LogP contribution is 2.15. The molecule has 88 valence electrons. The molecule has 3 nitrogen and oxygen atoms in total. The van der Waals surface area contributed by atoms with Crippen LogP contribution >= 0.6 is 0 Å². The van der Waals surface area contributed by atoms with Crippen LogP contribution in [0.5, 0.6) is 5.75 Å². The van der Waals surface area contributed by atoms with Crippen LogP contribution in [-0.2, 0) is 11.2 Å². The monoisotopic (exact) mass is 221 g/mol. The molecule has 0 N–H and O–H groups in total. The highest BCUT2D eigenvalue weighted by molar-refractivity contribution is 5.73. The fourth-order valence-electron chi connectivity index (χ4n) is 1.59. The van der Waals surface area contributed by atoms with Crippen LogP contribution in [0.3, 0.4) is 0 Å². The van der Waals surface area contributed by atoms with Crippen molar-refractivity contribution in [3.63, 3.8) is 0 Å². The van der Waals surface area contributed by atoms with E-state index in [-0.39, 0.29) is 11.9 Å². The number of methoxy groups -OCH3 is 1. The first-order valence-corrected chi connectivity index (χ1v) is 5.41. The molecule has 0 saturated carbocycles. The normalized spacial score (nSPS) is 12.0. The molecule has 0 heterocycles. The van der Waals surface area contributed by atoms with Crippen LogP contribution in [-0.4, -0.2) is 31.0 Å². The van der Waals surface area contributed by atoms with E-state index in [2.05, 4.69) is 0 Å². The molecule has 1 atom stereocenters. The summed E-state index contributed by atoms with van der Waals surface area (Å²) in [6.07, 6.45) is 0.841. The zero-order chi connectivity index (χ0) is 12.1. The number of nitrogens with zero attached hydrogens (tertiary/aromatic N) is 1. The number of ether oxygens (including phenoxy) is 1. The van der Waals surface area contributed by atoms with Crippen LogP contribution in [0.15, 0.2) is 24.3 Å². The minimum atomic E-state index is 0.0930. The lowest BCUT2D eigenvalue weighted by Crippen LogP contribution is -2.34. The summed E-state index contributed by atoms with van der Waals surface area (Å²) in [5.74, 6) is 0.950. The fraction of sp³-hybridized carbons (Fsp3) is 0.462. The summed E-state index contributed by atoms with van der Waals surface area (Å²) in [5, 5.41) is 0. The Morgan fingerprint density at radius 1 is 1.50 bits per heavy atom. The number of hydrogen-bond acceptors (Lipinski definition) is 2. The first kappa shape index (κ1) is 12.6. The van der Waals surface area contributed by atoms with Crippen LogP contribution in [0.4, 0.5) is 0 Å². The topological polar surface area (TPSA) is 29.5 Å². The largest absolute Gasteiger partial charge is 0.497 e. The minimum absolute atomic E-state index is 0.0930. The summed E-state index contributed by atoms with van der Waals surface area (Å²) in [7, 11) is 3.48. The molecular weight excluding hydrogens is 202 g/mol. The van der Waals surface area contributed by atoms with E-state index in [1.54, 1.807) is 18.9 Å². The predicted octanol–water partition coefficient (Wildman–Crippen LogP) is 2.10. The lowest BCUT2D eigenvalue weighted by molar-refractivity contribution is -0.129. The van der Waals surface area contributed by atoms with Gasteiger partial charge in [0.2, 0.25) is 5.91 Å². The Bertz CT molecular complexity index is 363. The van der Waals surface area contributed by atoms with Crippen molar-refractivity contribution in [1.82, 2.24) is 4.90 Å². The second kappa shape index (κ2) is 5.54. The van der Waals surface area contributed by atoms with E-state index >= 15 is 0 Å². The molecule has 16 heavy (non-hydrogen) atoms. The molecule has 0 aliphatic heterocycles. The number of benzene rings is 1. The fourth-order valence-corrected chi connectivity index (χ4v) is 1.59. The lowest BCUT2D eigenvalue weighted by Gasteiger charge is -2.23. The third kappa shape index (κ3) is 3.26. The molecule has 1 aromatic rings. The van der Waals surface area contributed by atoms with Gasteiger partial charge in [0, 0.05) is 20.0 Å². The second-order valence-corrected chi connectivity index (χ2v) is 4.03. The number of rotatable bonds is 4. The van der Waals surface area contributed by atoms with E-state index in [0.29, 0.717) is 0 Å². The molecule has 0 aromatic heterocycles. The summed E-state index contributed by atoms with van der Waals surface area (Å²) < 4.78 is 5.16. The third-order valence-electron chi connectivity index (χ3n) is 2.82.